The first-order valence-corrected chi connectivity index (χ1v) is 9.29. The third kappa shape index (κ3) is 4.95. The van der Waals surface area contributed by atoms with Gasteiger partial charge in [0.1, 0.15) is 10.6 Å². The van der Waals surface area contributed by atoms with Crippen molar-refractivity contribution in [3.8, 4) is 0 Å². The Morgan fingerprint density at radius 3 is 2.42 bits per heavy atom. The minimum Gasteiger partial charge on any atom is -0.349 e. The smallest absolute Gasteiger partial charge is 0.268 e. The molecule has 24 heavy (non-hydrogen) atoms. The summed E-state index contributed by atoms with van der Waals surface area (Å²) in [5, 5.41) is 2.73. The van der Waals surface area contributed by atoms with Crippen molar-refractivity contribution >= 4 is 28.3 Å². The lowest BCUT2D eigenvalue weighted by Crippen LogP contribution is -2.45. The van der Waals surface area contributed by atoms with Gasteiger partial charge in [-0.05, 0) is 32.8 Å². The van der Waals surface area contributed by atoms with Gasteiger partial charge in [-0.3, -0.25) is 4.79 Å². The van der Waals surface area contributed by atoms with E-state index in [1.54, 1.807) is 7.05 Å². The van der Waals surface area contributed by atoms with Crippen LogP contribution in [0.15, 0.2) is 17.2 Å². The highest BCUT2D eigenvalue weighted by Gasteiger charge is 2.28. The monoisotopic (exact) mass is 378 g/mol. The van der Waals surface area contributed by atoms with Gasteiger partial charge < -0.3 is 15.6 Å². The van der Waals surface area contributed by atoms with Crippen molar-refractivity contribution in [2.75, 3.05) is 19.6 Å². The van der Waals surface area contributed by atoms with Gasteiger partial charge in [0.2, 0.25) is 10.0 Å². The van der Waals surface area contributed by atoms with Gasteiger partial charge in [-0.1, -0.05) is 6.42 Å². The van der Waals surface area contributed by atoms with Crippen LogP contribution < -0.4 is 11.1 Å². The summed E-state index contributed by atoms with van der Waals surface area (Å²) in [7, 11) is -1.87. The number of carbonyl (C=O) groups excluding carboxylic acids is 1. The molecule has 7 nitrogen and oxygen atoms in total. The average Bonchev–Trinajstić information content (AvgIpc) is 2.88. The summed E-state index contributed by atoms with van der Waals surface area (Å²) in [6, 6.07) is 1.43. The lowest BCUT2D eigenvalue weighted by molar-refractivity contribution is 0.0938. The fourth-order valence-corrected chi connectivity index (χ4v) is 4.14. The van der Waals surface area contributed by atoms with Gasteiger partial charge in [-0.15, -0.1) is 12.4 Å². The molecule has 1 fully saturated rings. The number of aryl methyl sites for hydroxylation is 1. The molecule has 9 heteroatoms. The van der Waals surface area contributed by atoms with E-state index in [0.29, 0.717) is 25.3 Å². The standard InChI is InChI=1S/C15H26N4O3S.ClH/c1-15(2,16)11-17-14(20)13-9-12(10-18(13)3)23(21,22)19-7-5-4-6-8-19;/h9-10H,4-8,11,16H2,1-3H3,(H,17,20);1H. The second-order valence-electron chi connectivity index (χ2n) is 6.81. The maximum Gasteiger partial charge on any atom is 0.268 e. The zero-order valence-electron chi connectivity index (χ0n) is 14.4. The van der Waals surface area contributed by atoms with E-state index in [9.17, 15) is 13.2 Å². The quantitative estimate of drug-likeness (QED) is 0.801. The van der Waals surface area contributed by atoms with Crippen LogP contribution in [0, 0.1) is 0 Å². The van der Waals surface area contributed by atoms with E-state index in [2.05, 4.69) is 5.32 Å². The summed E-state index contributed by atoms with van der Waals surface area (Å²) in [6.45, 7) is 5.01. The van der Waals surface area contributed by atoms with Crippen molar-refractivity contribution in [1.82, 2.24) is 14.2 Å². The molecule has 0 spiro atoms. The molecule has 138 valence electrons. The van der Waals surface area contributed by atoms with Gasteiger partial charge in [0.25, 0.3) is 5.91 Å². The van der Waals surface area contributed by atoms with E-state index in [1.807, 2.05) is 13.8 Å². The molecule has 1 saturated heterocycles. The van der Waals surface area contributed by atoms with Gasteiger partial charge in [0.15, 0.2) is 0 Å². The Hall–Kier alpha value is -1.09. The first-order valence-electron chi connectivity index (χ1n) is 7.85. The predicted molar refractivity (Wildman–Crippen MR) is 95.9 cm³/mol. The van der Waals surface area contributed by atoms with Crippen LogP contribution in [0.1, 0.15) is 43.6 Å². The molecule has 0 atom stereocenters. The number of nitrogens with zero attached hydrogens (tertiary/aromatic N) is 2. The van der Waals surface area contributed by atoms with Crippen LogP contribution in [0.5, 0.6) is 0 Å². The fourth-order valence-electron chi connectivity index (χ4n) is 2.55. The number of piperidine rings is 1. The van der Waals surface area contributed by atoms with E-state index >= 15 is 0 Å². The van der Waals surface area contributed by atoms with Gasteiger partial charge in [0, 0.05) is 38.4 Å². The number of nitrogens with two attached hydrogens (primary N) is 1. The Labute approximate surface area is 150 Å². The normalized spacial score (nSPS) is 16.5. The Morgan fingerprint density at radius 1 is 1.29 bits per heavy atom. The second kappa shape index (κ2) is 7.86. The van der Waals surface area contributed by atoms with Crippen molar-refractivity contribution in [3.05, 3.63) is 18.0 Å². The van der Waals surface area contributed by atoms with Gasteiger partial charge in [0.05, 0.1) is 0 Å². The lowest BCUT2D eigenvalue weighted by Gasteiger charge is -2.25. The Morgan fingerprint density at radius 2 is 1.88 bits per heavy atom. The molecule has 0 unspecified atom stereocenters. The third-order valence-electron chi connectivity index (χ3n) is 3.87. The van der Waals surface area contributed by atoms with Crippen molar-refractivity contribution in [2.24, 2.45) is 12.8 Å². The molecule has 1 aliphatic heterocycles. The summed E-state index contributed by atoms with van der Waals surface area (Å²) in [5.41, 5.74) is 5.63. The van der Waals surface area contributed by atoms with E-state index in [4.69, 9.17) is 5.73 Å². The van der Waals surface area contributed by atoms with E-state index in [-0.39, 0.29) is 23.2 Å². The van der Waals surface area contributed by atoms with Crippen LogP contribution in [0.25, 0.3) is 0 Å². The van der Waals surface area contributed by atoms with Crippen molar-refractivity contribution in [3.63, 3.8) is 0 Å². The van der Waals surface area contributed by atoms with Crippen LogP contribution in [-0.2, 0) is 17.1 Å². The molecule has 1 amide bonds. The Bertz CT molecular complexity index is 673. The number of sulfonamides is 1. The minimum absolute atomic E-state index is 0. The van der Waals surface area contributed by atoms with Crippen LogP contribution in [0.3, 0.4) is 0 Å². The molecule has 0 saturated carbocycles. The number of amides is 1. The number of carbonyl (C=O) groups is 1. The largest absolute Gasteiger partial charge is 0.349 e. The molecule has 0 bridgehead atoms. The number of halogens is 1. The number of hydrogen-bond donors (Lipinski definition) is 2. The van der Waals surface area contributed by atoms with Crippen LogP contribution in [-0.4, -0.2) is 48.4 Å². The maximum absolute atomic E-state index is 12.7. The fraction of sp³-hybridized carbons (Fsp3) is 0.667. The van der Waals surface area contributed by atoms with Crippen molar-refractivity contribution in [2.45, 2.75) is 43.5 Å². The third-order valence-corrected chi connectivity index (χ3v) is 5.73. The summed E-state index contributed by atoms with van der Waals surface area (Å²) in [4.78, 5) is 12.4. The van der Waals surface area contributed by atoms with E-state index in [1.165, 1.54) is 21.1 Å². The van der Waals surface area contributed by atoms with Crippen molar-refractivity contribution < 1.29 is 13.2 Å². The number of hydrogen-bond acceptors (Lipinski definition) is 4. The van der Waals surface area contributed by atoms with Gasteiger partial charge in [-0.2, -0.15) is 4.31 Å². The zero-order valence-corrected chi connectivity index (χ0v) is 16.0. The molecule has 1 aliphatic rings. The highest BCUT2D eigenvalue weighted by molar-refractivity contribution is 7.89. The minimum atomic E-state index is -3.53. The average molecular weight is 379 g/mol. The number of nitrogens with one attached hydrogen (secondary N) is 1. The summed E-state index contributed by atoms with van der Waals surface area (Å²) >= 11 is 0. The number of aromatic nitrogens is 1. The zero-order chi connectivity index (χ0) is 17.3. The van der Waals surface area contributed by atoms with Crippen LogP contribution >= 0.6 is 12.4 Å². The predicted octanol–water partition coefficient (Wildman–Crippen LogP) is 1.09. The molecule has 2 heterocycles. The summed E-state index contributed by atoms with van der Waals surface area (Å²) < 4.78 is 28.3. The first kappa shape index (κ1) is 21.0. The highest BCUT2D eigenvalue weighted by atomic mass is 35.5. The lowest BCUT2D eigenvalue weighted by atomic mass is 10.1. The molecule has 1 aromatic heterocycles. The molecule has 0 aromatic carbocycles. The van der Waals surface area contributed by atoms with Crippen LogP contribution in [0.2, 0.25) is 0 Å². The molecule has 3 N–H and O–H groups in total. The Balaban J connectivity index is 0.00000288. The van der Waals surface area contributed by atoms with Gasteiger partial charge >= 0.3 is 0 Å². The molecular weight excluding hydrogens is 352 g/mol. The Kier molecular flexibility index (Phi) is 6.86. The molecule has 0 aliphatic carbocycles. The van der Waals surface area contributed by atoms with Crippen molar-refractivity contribution in [1.29, 1.82) is 0 Å². The van der Waals surface area contributed by atoms with Crippen LogP contribution in [0.4, 0.5) is 0 Å². The molecule has 1 aromatic rings. The van der Waals surface area contributed by atoms with E-state index < -0.39 is 15.6 Å². The van der Waals surface area contributed by atoms with E-state index in [0.717, 1.165) is 19.3 Å². The SMILES string of the molecule is Cl.Cn1cc(S(=O)(=O)N2CCCCC2)cc1C(=O)NCC(C)(C)N. The molecule has 0 radical (unpaired) electrons. The summed E-state index contributed by atoms with van der Waals surface area (Å²) in [6.07, 6.45) is 4.31. The maximum atomic E-state index is 12.7. The topological polar surface area (TPSA) is 97.4 Å². The van der Waals surface area contributed by atoms with Gasteiger partial charge in [-0.25, -0.2) is 8.42 Å². The molecular formula is C15H27ClN4O3S. The summed E-state index contributed by atoms with van der Waals surface area (Å²) in [5.74, 6) is -0.328. The number of rotatable bonds is 5. The first-order chi connectivity index (χ1) is 10.6. The highest BCUT2D eigenvalue weighted by Crippen LogP contribution is 2.22. The second-order valence-corrected chi connectivity index (χ2v) is 8.75. The molecule has 2 rings (SSSR count).